The summed E-state index contributed by atoms with van der Waals surface area (Å²) in [7, 11) is 0. The first-order chi connectivity index (χ1) is 8.19. The molecular formula is C14H20N2O. The monoisotopic (exact) mass is 232 g/mol. The molecule has 2 aromatic rings. The first kappa shape index (κ1) is 12.1. The van der Waals surface area contributed by atoms with Gasteiger partial charge in [-0.15, -0.1) is 0 Å². The maximum atomic E-state index is 5.79. The summed E-state index contributed by atoms with van der Waals surface area (Å²) in [6.45, 7) is 5.13. The highest BCUT2D eigenvalue weighted by atomic mass is 16.3. The van der Waals surface area contributed by atoms with Crippen molar-refractivity contribution in [3.63, 3.8) is 0 Å². The van der Waals surface area contributed by atoms with E-state index in [0.717, 1.165) is 29.8 Å². The molecule has 3 heteroatoms. The number of hydrogen-bond donors (Lipinski definition) is 1. The number of oxazole rings is 1. The lowest BCUT2D eigenvalue weighted by molar-refractivity contribution is 0.380. The highest BCUT2D eigenvalue weighted by Crippen LogP contribution is 2.20. The Morgan fingerprint density at radius 3 is 2.71 bits per heavy atom. The van der Waals surface area contributed by atoms with Crippen molar-refractivity contribution in [1.82, 2.24) is 4.98 Å². The molecule has 0 amide bonds. The summed E-state index contributed by atoms with van der Waals surface area (Å²) in [5.74, 6) is 1.93. The van der Waals surface area contributed by atoms with E-state index >= 15 is 0 Å². The third kappa shape index (κ3) is 3.07. The Hall–Kier alpha value is -1.35. The zero-order valence-electron chi connectivity index (χ0n) is 10.5. The minimum atomic E-state index is 0.461. The first-order valence-electron chi connectivity index (χ1n) is 6.23. The fourth-order valence-electron chi connectivity index (χ4n) is 2.18. The fraction of sp³-hybridized carbons (Fsp3) is 0.500. The second-order valence-corrected chi connectivity index (χ2v) is 5.01. The molecule has 0 radical (unpaired) electrons. The molecular weight excluding hydrogens is 212 g/mol. The molecule has 1 heterocycles. The third-order valence-corrected chi connectivity index (χ3v) is 2.94. The third-order valence-electron chi connectivity index (χ3n) is 2.94. The van der Waals surface area contributed by atoms with Gasteiger partial charge in [-0.3, -0.25) is 0 Å². The molecule has 2 rings (SSSR count). The van der Waals surface area contributed by atoms with Crippen LogP contribution in [0.1, 0.15) is 26.2 Å². The van der Waals surface area contributed by atoms with Crippen molar-refractivity contribution in [2.24, 2.45) is 17.6 Å². The van der Waals surface area contributed by atoms with Gasteiger partial charge in [0.1, 0.15) is 5.52 Å². The van der Waals surface area contributed by atoms with Crippen molar-refractivity contribution >= 4 is 11.1 Å². The predicted octanol–water partition coefficient (Wildman–Crippen LogP) is 2.99. The number of benzene rings is 1. The Balaban J connectivity index is 2.11. The lowest BCUT2D eigenvalue weighted by Crippen LogP contribution is -2.18. The predicted molar refractivity (Wildman–Crippen MR) is 69.7 cm³/mol. The summed E-state index contributed by atoms with van der Waals surface area (Å²) in [5.41, 5.74) is 7.59. The zero-order valence-corrected chi connectivity index (χ0v) is 10.5. The summed E-state index contributed by atoms with van der Waals surface area (Å²) in [4.78, 5) is 4.49. The van der Waals surface area contributed by atoms with Crippen LogP contribution in [0.5, 0.6) is 0 Å². The van der Waals surface area contributed by atoms with Gasteiger partial charge in [-0.25, -0.2) is 4.98 Å². The summed E-state index contributed by atoms with van der Waals surface area (Å²) < 4.78 is 5.72. The molecule has 1 unspecified atom stereocenters. The Morgan fingerprint density at radius 1 is 1.29 bits per heavy atom. The standard InChI is InChI=1S/C14H20N2O/c1-10(2)7-11(9-15)8-14-16-12-5-3-4-6-13(12)17-14/h3-6,10-11H,7-9,15H2,1-2H3. The highest BCUT2D eigenvalue weighted by Gasteiger charge is 2.14. The normalized spacial score (nSPS) is 13.4. The first-order valence-corrected chi connectivity index (χ1v) is 6.23. The van der Waals surface area contributed by atoms with Gasteiger partial charge in [0.2, 0.25) is 0 Å². The van der Waals surface area contributed by atoms with E-state index in [1.54, 1.807) is 0 Å². The zero-order chi connectivity index (χ0) is 12.3. The molecule has 1 atom stereocenters. The average molecular weight is 232 g/mol. The van der Waals surface area contributed by atoms with Crippen LogP contribution in [0.3, 0.4) is 0 Å². The number of para-hydroxylation sites is 2. The maximum absolute atomic E-state index is 5.79. The van der Waals surface area contributed by atoms with Crippen molar-refractivity contribution in [2.75, 3.05) is 6.54 Å². The Labute approximate surface area is 102 Å². The molecule has 2 N–H and O–H groups in total. The summed E-state index contributed by atoms with van der Waals surface area (Å²) in [6.07, 6.45) is 1.96. The number of rotatable bonds is 5. The van der Waals surface area contributed by atoms with E-state index in [-0.39, 0.29) is 0 Å². The number of aromatic nitrogens is 1. The highest BCUT2D eigenvalue weighted by molar-refractivity contribution is 5.72. The van der Waals surface area contributed by atoms with Crippen LogP contribution in [0.25, 0.3) is 11.1 Å². The van der Waals surface area contributed by atoms with Crippen molar-refractivity contribution in [2.45, 2.75) is 26.7 Å². The van der Waals surface area contributed by atoms with Gasteiger partial charge in [0.05, 0.1) is 0 Å². The molecule has 0 bridgehead atoms. The second-order valence-electron chi connectivity index (χ2n) is 5.01. The summed E-state index contributed by atoms with van der Waals surface area (Å²) in [5, 5.41) is 0. The lowest BCUT2D eigenvalue weighted by atomic mass is 9.94. The molecule has 3 nitrogen and oxygen atoms in total. The maximum Gasteiger partial charge on any atom is 0.195 e. The lowest BCUT2D eigenvalue weighted by Gasteiger charge is -2.14. The van der Waals surface area contributed by atoms with E-state index in [9.17, 15) is 0 Å². The van der Waals surface area contributed by atoms with Gasteiger partial charge in [-0.05, 0) is 36.9 Å². The van der Waals surface area contributed by atoms with Gasteiger partial charge in [0.15, 0.2) is 11.5 Å². The summed E-state index contributed by atoms with van der Waals surface area (Å²) in [6, 6.07) is 7.86. The van der Waals surface area contributed by atoms with E-state index < -0.39 is 0 Å². The van der Waals surface area contributed by atoms with Crippen LogP contribution < -0.4 is 5.73 Å². The van der Waals surface area contributed by atoms with Crippen LogP contribution in [0.15, 0.2) is 28.7 Å². The number of fused-ring (bicyclic) bond motifs is 1. The van der Waals surface area contributed by atoms with E-state index in [0.29, 0.717) is 18.4 Å². The molecule has 0 aliphatic rings. The average Bonchev–Trinajstić information content (AvgIpc) is 2.69. The van der Waals surface area contributed by atoms with Crippen LogP contribution >= 0.6 is 0 Å². The fourth-order valence-corrected chi connectivity index (χ4v) is 2.18. The van der Waals surface area contributed by atoms with Gasteiger partial charge in [0.25, 0.3) is 0 Å². The number of nitrogens with zero attached hydrogens (tertiary/aromatic N) is 1. The van der Waals surface area contributed by atoms with Crippen LogP contribution in [-0.4, -0.2) is 11.5 Å². The van der Waals surface area contributed by atoms with Gasteiger partial charge >= 0.3 is 0 Å². The minimum absolute atomic E-state index is 0.461. The SMILES string of the molecule is CC(C)CC(CN)Cc1nc2ccccc2o1. The molecule has 17 heavy (non-hydrogen) atoms. The smallest absolute Gasteiger partial charge is 0.195 e. The van der Waals surface area contributed by atoms with Crippen LogP contribution in [-0.2, 0) is 6.42 Å². The van der Waals surface area contributed by atoms with Crippen molar-refractivity contribution in [1.29, 1.82) is 0 Å². The van der Waals surface area contributed by atoms with Crippen LogP contribution in [0.4, 0.5) is 0 Å². The number of nitrogens with two attached hydrogens (primary N) is 1. The van der Waals surface area contributed by atoms with Gasteiger partial charge in [-0.1, -0.05) is 26.0 Å². The Bertz CT molecular complexity index is 443. The number of hydrogen-bond acceptors (Lipinski definition) is 3. The molecule has 0 spiro atoms. The van der Waals surface area contributed by atoms with E-state index in [1.165, 1.54) is 0 Å². The second kappa shape index (κ2) is 5.32. The quantitative estimate of drug-likeness (QED) is 0.862. The molecule has 92 valence electrons. The molecule has 0 saturated carbocycles. The molecule has 1 aromatic carbocycles. The van der Waals surface area contributed by atoms with Crippen molar-refractivity contribution in [3.8, 4) is 0 Å². The molecule has 1 aromatic heterocycles. The van der Waals surface area contributed by atoms with Gasteiger partial charge in [-0.2, -0.15) is 0 Å². The van der Waals surface area contributed by atoms with E-state index in [4.69, 9.17) is 10.2 Å². The summed E-state index contributed by atoms with van der Waals surface area (Å²) >= 11 is 0. The topological polar surface area (TPSA) is 52.0 Å². The Kier molecular flexibility index (Phi) is 3.79. The largest absolute Gasteiger partial charge is 0.441 e. The van der Waals surface area contributed by atoms with Crippen molar-refractivity contribution < 1.29 is 4.42 Å². The minimum Gasteiger partial charge on any atom is -0.441 e. The Morgan fingerprint density at radius 2 is 2.06 bits per heavy atom. The van der Waals surface area contributed by atoms with E-state index in [2.05, 4.69) is 18.8 Å². The molecule has 0 aliphatic carbocycles. The van der Waals surface area contributed by atoms with Gasteiger partial charge in [0, 0.05) is 6.42 Å². The van der Waals surface area contributed by atoms with Crippen LogP contribution in [0, 0.1) is 11.8 Å². The van der Waals surface area contributed by atoms with Crippen LogP contribution in [0.2, 0.25) is 0 Å². The van der Waals surface area contributed by atoms with Crippen molar-refractivity contribution in [3.05, 3.63) is 30.2 Å². The molecule has 0 fully saturated rings. The van der Waals surface area contributed by atoms with Gasteiger partial charge < -0.3 is 10.2 Å². The molecule has 0 saturated heterocycles. The van der Waals surface area contributed by atoms with E-state index in [1.807, 2.05) is 24.3 Å². The molecule has 0 aliphatic heterocycles.